The van der Waals surface area contributed by atoms with Gasteiger partial charge in [-0.15, -0.1) is 11.3 Å². The van der Waals surface area contributed by atoms with Crippen molar-refractivity contribution in [1.82, 2.24) is 0 Å². The Balaban J connectivity index is 2.39. The summed E-state index contributed by atoms with van der Waals surface area (Å²) in [4.78, 5) is 22.0. The predicted octanol–water partition coefficient (Wildman–Crippen LogP) is 3.36. The minimum absolute atomic E-state index is 0.116. The monoisotopic (exact) mass is 283 g/mol. The summed E-state index contributed by atoms with van der Waals surface area (Å²) in [6.45, 7) is 0. The Kier molecular flexibility index (Phi) is 3.66. The molecule has 0 atom stereocenters. The number of hydrogen-bond acceptors (Lipinski definition) is 4. The maximum Gasteiger partial charge on any atom is 0.308 e. The molecule has 0 saturated carbocycles. The molecule has 0 radical (unpaired) electrons. The van der Waals surface area contributed by atoms with E-state index in [-0.39, 0.29) is 6.42 Å². The van der Waals surface area contributed by atoms with Crippen molar-refractivity contribution in [2.75, 3.05) is 0 Å². The number of nitro groups is 1. The number of Topliss-reactive ketones (excluding diaryl/α,β-unsaturated/α-hetero) is 1. The van der Waals surface area contributed by atoms with Gasteiger partial charge < -0.3 is 0 Å². The molecule has 4 nitrogen and oxygen atoms in total. The molecule has 0 unspecified atom stereocenters. The Labute approximate surface area is 110 Å². The third-order valence-electron chi connectivity index (χ3n) is 2.43. The summed E-state index contributed by atoms with van der Waals surface area (Å²) >= 11 is 1.30. The van der Waals surface area contributed by atoms with Crippen molar-refractivity contribution in [2.45, 2.75) is 6.42 Å². The first-order chi connectivity index (χ1) is 8.99. The maximum absolute atomic E-state index is 13.8. The smallest absolute Gasteiger partial charge is 0.294 e. The van der Waals surface area contributed by atoms with Gasteiger partial charge in [-0.2, -0.15) is 4.39 Å². The van der Waals surface area contributed by atoms with Gasteiger partial charge in [-0.3, -0.25) is 14.9 Å². The molecule has 0 aliphatic rings. The van der Waals surface area contributed by atoms with Crippen molar-refractivity contribution >= 4 is 22.8 Å². The van der Waals surface area contributed by atoms with Crippen molar-refractivity contribution in [3.63, 3.8) is 0 Å². The molecule has 0 fully saturated rings. The molecule has 0 amide bonds. The third kappa shape index (κ3) is 2.82. The molecule has 0 spiro atoms. The summed E-state index contributed by atoms with van der Waals surface area (Å²) in [7, 11) is 0. The summed E-state index contributed by atoms with van der Waals surface area (Å²) in [5, 5.41) is 12.3. The van der Waals surface area contributed by atoms with Crippen LogP contribution in [0.15, 0.2) is 29.6 Å². The van der Waals surface area contributed by atoms with Gasteiger partial charge in [-0.05, 0) is 17.5 Å². The Morgan fingerprint density at radius 3 is 2.68 bits per heavy atom. The van der Waals surface area contributed by atoms with Gasteiger partial charge in [0.05, 0.1) is 16.6 Å². The number of carbonyl (C=O) groups excluding carboxylic acids is 1. The second-order valence-electron chi connectivity index (χ2n) is 3.72. The van der Waals surface area contributed by atoms with Gasteiger partial charge in [0.25, 0.3) is 0 Å². The maximum atomic E-state index is 13.8. The van der Waals surface area contributed by atoms with Gasteiger partial charge in [-0.25, -0.2) is 4.39 Å². The Morgan fingerprint density at radius 1 is 1.37 bits per heavy atom. The fourth-order valence-corrected chi connectivity index (χ4v) is 2.28. The lowest BCUT2D eigenvalue weighted by Crippen LogP contribution is -2.08. The summed E-state index contributed by atoms with van der Waals surface area (Å²) in [5.74, 6) is -3.00. The zero-order valence-electron chi connectivity index (χ0n) is 9.43. The average Bonchev–Trinajstić information content (AvgIpc) is 2.84. The molecular formula is C12H7F2NO3S. The molecule has 0 saturated heterocycles. The van der Waals surface area contributed by atoms with Crippen LogP contribution in [0.4, 0.5) is 14.5 Å². The van der Waals surface area contributed by atoms with Crippen LogP contribution in [0.2, 0.25) is 0 Å². The van der Waals surface area contributed by atoms with E-state index in [1.54, 1.807) is 17.5 Å². The summed E-state index contributed by atoms with van der Waals surface area (Å²) in [5.41, 5.74) is -1.63. The van der Waals surface area contributed by atoms with E-state index in [1.807, 2.05) is 0 Å². The SMILES string of the molecule is O=C(Cc1cccs1)c1cc(F)cc([N+](=O)[O-])c1F. The highest BCUT2D eigenvalue weighted by Crippen LogP contribution is 2.24. The number of benzene rings is 1. The second-order valence-corrected chi connectivity index (χ2v) is 4.76. The quantitative estimate of drug-likeness (QED) is 0.491. The van der Waals surface area contributed by atoms with Crippen LogP contribution in [0.1, 0.15) is 15.2 Å². The van der Waals surface area contributed by atoms with Crippen LogP contribution in [-0.4, -0.2) is 10.7 Å². The molecule has 0 N–H and O–H groups in total. The summed E-state index contributed by atoms with van der Waals surface area (Å²) in [6.07, 6.45) is -0.116. The predicted molar refractivity (Wildman–Crippen MR) is 65.4 cm³/mol. The molecule has 98 valence electrons. The van der Waals surface area contributed by atoms with E-state index in [1.165, 1.54) is 11.3 Å². The largest absolute Gasteiger partial charge is 0.308 e. The van der Waals surface area contributed by atoms with Gasteiger partial charge in [0.2, 0.25) is 5.82 Å². The number of halogens is 2. The van der Waals surface area contributed by atoms with Crippen molar-refractivity contribution in [1.29, 1.82) is 0 Å². The zero-order chi connectivity index (χ0) is 14.0. The van der Waals surface area contributed by atoms with Crippen molar-refractivity contribution in [2.24, 2.45) is 0 Å². The van der Waals surface area contributed by atoms with E-state index >= 15 is 0 Å². The van der Waals surface area contributed by atoms with Gasteiger partial charge in [-0.1, -0.05) is 6.07 Å². The molecule has 0 aliphatic carbocycles. The first-order valence-corrected chi connectivity index (χ1v) is 6.06. The second kappa shape index (κ2) is 5.23. The number of rotatable bonds is 4. The van der Waals surface area contributed by atoms with E-state index in [0.29, 0.717) is 17.0 Å². The van der Waals surface area contributed by atoms with Crippen LogP contribution in [0.5, 0.6) is 0 Å². The molecule has 1 heterocycles. The lowest BCUT2D eigenvalue weighted by atomic mass is 10.1. The molecule has 2 rings (SSSR count). The first-order valence-electron chi connectivity index (χ1n) is 5.18. The van der Waals surface area contributed by atoms with E-state index in [2.05, 4.69) is 0 Å². The normalized spacial score (nSPS) is 10.4. The average molecular weight is 283 g/mol. The Hall–Kier alpha value is -2.15. The molecule has 19 heavy (non-hydrogen) atoms. The lowest BCUT2D eigenvalue weighted by molar-refractivity contribution is -0.387. The van der Waals surface area contributed by atoms with Gasteiger partial charge in [0, 0.05) is 11.3 Å². The van der Waals surface area contributed by atoms with E-state index < -0.39 is 33.6 Å². The minimum atomic E-state index is -1.30. The van der Waals surface area contributed by atoms with Crippen LogP contribution in [0.25, 0.3) is 0 Å². The Morgan fingerprint density at radius 2 is 2.11 bits per heavy atom. The molecule has 7 heteroatoms. The molecule has 0 aliphatic heterocycles. The molecule has 0 bridgehead atoms. The fourth-order valence-electron chi connectivity index (χ4n) is 1.58. The number of ketones is 1. The molecule has 1 aromatic carbocycles. The zero-order valence-corrected chi connectivity index (χ0v) is 10.2. The standard InChI is InChI=1S/C12H7F2NO3S/c13-7-4-9(12(14)10(5-7)15(17)18)11(16)6-8-2-1-3-19-8/h1-5H,6H2. The summed E-state index contributed by atoms with van der Waals surface area (Å²) in [6, 6.07) is 4.53. The third-order valence-corrected chi connectivity index (χ3v) is 3.31. The van der Waals surface area contributed by atoms with Crippen molar-refractivity contribution in [3.8, 4) is 0 Å². The van der Waals surface area contributed by atoms with Crippen molar-refractivity contribution in [3.05, 3.63) is 61.8 Å². The van der Waals surface area contributed by atoms with Gasteiger partial charge in [0.15, 0.2) is 5.78 Å². The fraction of sp³-hybridized carbons (Fsp3) is 0.0833. The van der Waals surface area contributed by atoms with Gasteiger partial charge >= 0.3 is 5.69 Å². The lowest BCUT2D eigenvalue weighted by Gasteiger charge is -2.03. The highest BCUT2D eigenvalue weighted by Gasteiger charge is 2.24. The number of nitro benzene ring substituents is 1. The first kappa shape index (κ1) is 13.3. The number of thiophene rings is 1. The number of hydrogen-bond donors (Lipinski definition) is 0. The highest BCUT2D eigenvalue weighted by atomic mass is 32.1. The van der Waals surface area contributed by atoms with Crippen LogP contribution >= 0.6 is 11.3 Å². The van der Waals surface area contributed by atoms with E-state index in [9.17, 15) is 23.7 Å². The molecule has 1 aromatic heterocycles. The topological polar surface area (TPSA) is 60.2 Å². The minimum Gasteiger partial charge on any atom is -0.294 e. The molecule has 2 aromatic rings. The molecular weight excluding hydrogens is 276 g/mol. The number of carbonyl (C=O) groups is 1. The van der Waals surface area contributed by atoms with Gasteiger partial charge in [0.1, 0.15) is 5.82 Å². The van der Waals surface area contributed by atoms with Crippen LogP contribution in [0.3, 0.4) is 0 Å². The van der Waals surface area contributed by atoms with E-state index in [4.69, 9.17) is 0 Å². The number of nitrogens with zero attached hydrogens (tertiary/aromatic N) is 1. The summed E-state index contributed by atoms with van der Waals surface area (Å²) < 4.78 is 26.9. The van der Waals surface area contributed by atoms with E-state index in [0.717, 1.165) is 0 Å². The highest BCUT2D eigenvalue weighted by molar-refractivity contribution is 7.10. The van der Waals surface area contributed by atoms with Crippen molar-refractivity contribution < 1.29 is 18.5 Å². The van der Waals surface area contributed by atoms with Crippen LogP contribution < -0.4 is 0 Å². The van der Waals surface area contributed by atoms with Crippen LogP contribution in [-0.2, 0) is 6.42 Å². The van der Waals surface area contributed by atoms with Crippen LogP contribution in [0, 0.1) is 21.7 Å². The Bertz CT molecular complexity index is 641.